The number of thiazole rings is 1. The van der Waals surface area contributed by atoms with Crippen LogP contribution in [-0.2, 0) is 4.74 Å². The average molecular weight is 398 g/mol. The number of nitrogens with zero attached hydrogens (tertiary/aromatic N) is 4. The molecule has 1 amide bonds. The van der Waals surface area contributed by atoms with Crippen LogP contribution in [0.25, 0.3) is 10.6 Å². The van der Waals surface area contributed by atoms with Crippen LogP contribution in [0, 0.1) is 5.82 Å². The van der Waals surface area contributed by atoms with Gasteiger partial charge in [0.25, 0.3) is 5.91 Å². The number of aromatic nitrogens is 2. The lowest BCUT2D eigenvalue weighted by Crippen LogP contribution is -2.36. The minimum atomic E-state index is -0.355. The Hall–Kier alpha value is -2.84. The van der Waals surface area contributed by atoms with Crippen molar-refractivity contribution in [3.8, 4) is 10.6 Å². The molecule has 4 rings (SSSR count). The van der Waals surface area contributed by atoms with E-state index in [2.05, 4.69) is 14.9 Å². The van der Waals surface area contributed by atoms with E-state index in [-0.39, 0.29) is 17.4 Å². The molecule has 0 N–H and O–H groups in total. The molecule has 0 atom stereocenters. The number of pyridine rings is 1. The van der Waals surface area contributed by atoms with E-state index in [4.69, 9.17) is 4.74 Å². The van der Waals surface area contributed by atoms with Gasteiger partial charge in [-0.1, -0.05) is 12.1 Å². The number of benzene rings is 1. The summed E-state index contributed by atoms with van der Waals surface area (Å²) in [5, 5.41) is 2.13. The molecule has 1 aliphatic rings. The van der Waals surface area contributed by atoms with Crippen molar-refractivity contribution < 1.29 is 13.9 Å². The van der Waals surface area contributed by atoms with Crippen molar-refractivity contribution >= 4 is 28.7 Å². The standard InChI is InChI=1S/C20H19FN4O2S/c1-24(14-6-7-18(22-12-14)25-8-10-27-11-9-25)20(26)17-13-28-19(23-17)15-4-2-3-5-16(15)21/h2-7,12-13H,8-11H2,1H3. The molecule has 1 aromatic carbocycles. The molecule has 6 nitrogen and oxygen atoms in total. The number of rotatable bonds is 4. The van der Waals surface area contributed by atoms with Gasteiger partial charge in [-0.05, 0) is 24.3 Å². The van der Waals surface area contributed by atoms with Crippen LogP contribution in [-0.4, -0.2) is 49.2 Å². The molecule has 1 fully saturated rings. The summed E-state index contributed by atoms with van der Waals surface area (Å²) in [6.45, 7) is 2.99. The Morgan fingerprint density at radius 2 is 2.00 bits per heavy atom. The van der Waals surface area contributed by atoms with Crippen LogP contribution in [0.5, 0.6) is 0 Å². The van der Waals surface area contributed by atoms with E-state index in [0.29, 0.717) is 29.5 Å². The first-order valence-corrected chi connectivity index (χ1v) is 9.78. The Labute approximate surface area is 166 Å². The fraction of sp³-hybridized carbons (Fsp3) is 0.250. The highest BCUT2D eigenvalue weighted by Gasteiger charge is 2.19. The first kappa shape index (κ1) is 18.5. The van der Waals surface area contributed by atoms with Crippen LogP contribution in [0.4, 0.5) is 15.9 Å². The lowest BCUT2D eigenvalue weighted by Gasteiger charge is -2.28. The molecular formula is C20H19FN4O2S. The topological polar surface area (TPSA) is 58.6 Å². The number of hydrogen-bond acceptors (Lipinski definition) is 6. The summed E-state index contributed by atoms with van der Waals surface area (Å²) in [6.07, 6.45) is 1.67. The quantitative estimate of drug-likeness (QED) is 0.674. The molecule has 3 aromatic rings. The second kappa shape index (κ2) is 8.04. The third kappa shape index (κ3) is 3.74. The number of halogens is 1. The predicted octanol–water partition coefficient (Wildman–Crippen LogP) is 3.46. The van der Waals surface area contributed by atoms with Crippen LogP contribution < -0.4 is 9.80 Å². The maximum atomic E-state index is 14.0. The number of hydrogen-bond donors (Lipinski definition) is 0. The lowest BCUT2D eigenvalue weighted by molar-refractivity contribution is 0.0989. The van der Waals surface area contributed by atoms with Gasteiger partial charge in [-0.15, -0.1) is 11.3 Å². The maximum absolute atomic E-state index is 14.0. The minimum Gasteiger partial charge on any atom is -0.378 e. The molecule has 0 aliphatic carbocycles. The van der Waals surface area contributed by atoms with Gasteiger partial charge in [0.2, 0.25) is 0 Å². The highest BCUT2D eigenvalue weighted by Crippen LogP contribution is 2.27. The highest BCUT2D eigenvalue weighted by atomic mass is 32.1. The van der Waals surface area contributed by atoms with Crippen molar-refractivity contribution in [1.29, 1.82) is 0 Å². The van der Waals surface area contributed by atoms with Gasteiger partial charge in [0, 0.05) is 31.1 Å². The highest BCUT2D eigenvalue weighted by molar-refractivity contribution is 7.13. The summed E-state index contributed by atoms with van der Waals surface area (Å²) in [6, 6.07) is 10.2. The summed E-state index contributed by atoms with van der Waals surface area (Å²) in [5.41, 5.74) is 1.34. The molecule has 2 aromatic heterocycles. The number of amides is 1. The second-order valence-corrected chi connectivity index (χ2v) is 7.21. The zero-order valence-electron chi connectivity index (χ0n) is 15.3. The summed E-state index contributed by atoms with van der Waals surface area (Å²) in [4.78, 5) is 25.2. The van der Waals surface area contributed by atoms with Gasteiger partial charge in [0.15, 0.2) is 0 Å². The number of morpholine rings is 1. The van der Waals surface area contributed by atoms with E-state index in [9.17, 15) is 9.18 Å². The molecule has 8 heteroatoms. The number of anilines is 2. The van der Waals surface area contributed by atoms with Crippen LogP contribution in [0.2, 0.25) is 0 Å². The zero-order valence-corrected chi connectivity index (χ0v) is 16.2. The molecule has 1 aliphatic heterocycles. The SMILES string of the molecule is CN(C(=O)c1csc(-c2ccccc2F)n1)c1ccc(N2CCOCC2)nc1. The summed E-state index contributed by atoms with van der Waals surface area (Å²) >= 11 is 1.25. The van der Waals surface area contributed by atoms with E-state index in [1.165, 1.54) is 22.3 Å². The largest absolute Gasteiger partial charge is 0.378 e. The van der Waals surface area contributed by atoms with Gasteiger partial charge in [0.05, 0.1) is 25.1 Å². The van der Waals surface area contributed by atoms with Gasteiger partial charge in [-0.2, -0.15) is 0 Å². The van der Waals surface area contributed by atoms with Crippen LogP contribution in [0.3, 0.4) is 0 Å². The van der Waals surface area contributed by atoms with Gasteiger partial charge < -0.3 is 14.5 Å². The van der Waals surface area contributed by atoms with E-state index >= 15 is 0 Å². The Bertz CT molecular complexity index is 970. The fourth-order valence-corrected chi connectivity index (χ4v) is 3.80. The Morgan fingerprint density at radius 3 is 2.71 bits per heavy atom. The fourth-order valence-electron chi connectivity index (χ4n) is 2.98. The molecule has 0 radical (unpaired) electrons. The number of carbonyl (C=O) groups excluding carboxylic acids is 1. The average Bonchev–Trinajstić information content (AvgIpc) is 3.24. The van der Waals surface area contributed by atoms with Gasteiger partial charge >= 0.3 is 0 Å². The lowest BCUT2D eigenvalue weighted by atomic mass is 10.2. The van der Waals surface area contributed by atoms with E-state index in [1.54, 1.807) is 36.8 Å². The van der Waals surface area contributed by atoms with E-state index < -0.39 is 0 Å². The molecule has 28 heavy (non-hydrogen) atoms. The van der Waals surface area contributed by atoms with Crippen molar-refractivity contribution in [1.82, 2.24) is 9.97 Å². The number of carbonyl (C=O) groups is 1. The Morgan fingerprint density at radius 1 is 1.21 bits per heavy atom. The van der Waals surface area contributed by atoms with Crippen molar-refractivity contribution in [3.63, 3.8) is 0 Å². The smallest absolute Gasteiger partial charge is 0.277 e. The van der Waals surface area contributed by atoms with Crippen LogP contribution >= 0.6 is 11.3 Å². The third-order valence-electron chi connectivity index (χ3n) is 4.59. The predicted molar refractivity (Wildman–Crippen MR) is 108 cm³/mol. The van der Waals surface area contributed by atoms with Crippen LogP contribution in [0.15, 0.2) is 48.0 Å². The van der Waals surface area contributed by atoms with Crippen molar-refractivity contribution in [2.24, 2.45) is 0 Å². The molecule has 0 bridgehead atoms. The second-order valence-electron chi connectivity index (χ2n) is 6.36. The molecule has 144 valence electrons. The Balaban J connectivity index is 1.50. The van der Waals surface area contributed by atoms with Gasteiger partial charge in [-0.25, -0.2) is 14.4 Å². The first-order chi connectivity index (χ1) is 13.6. The molecule has 0 saturated carbocycles. The zero-order chi connectivity index (χ0) is 19.5. The number of ether oxygens (including phenoxy) is 1. The van der Waals surface area contributed by atoms with Crippen LogP contribution in [0.1, 0.15) is 10.5 Å². The molecule has 1 saturated heterocycles. The molecule has 0 unspecified atom stereocenters. The summed E-state index contributed by atoms with van der Waals surface area (Å²) < 4.78 is 19.3. The van der Waals surface area contributed by atoms with E-state index in [0.717, 1.165) is 18.9 Å². The monoisotopic (exact) mass is 398 g/mol. The van der Waals surface area contributed by atoms with E-state index in [1.807, 2.05) is 12.1 Å². The maximum Gasteiger partial charge on any atom is 0.277 e. The first-order valence-electron chi connectivity index (χ1n) is 8.91. The minimum absolute atomic E-state index is 0.264. The summed E-state index contributed by atoms with van der Waals surface area (Å²) in [7, 11) is 1.68. The van der Waals surface area contributed by atoms with Crippen molar-refractivity contribution in [3.05, 3.63) is 59.5 Å². The summed E-state index contributed by atoms with van der Waals surface area (Å²) in [5.74, 6) is 0.246. The van der Waals surface area contributed by atoms with Gasteiger partial charge in [0.1, 0.15) is 22.3 Å². The Kier molecular flexibility index (Phi) is 5.31. The normalized spacial score (nSPS) is 14.1. The van der Waals surface area contributed by atoms with Gasteiger partial charge in [-0.3, -0.25) is 4.79 Å². The molecule has 0 spiro atoms. The van der Waals surface area contributed by atoms with Crippen molar-refractivity contribution in [2.75, 3.05) is 43.2 Å². The van der Waals surface area contributed by atoms with Crippen molar-refractivity contribution in [2.45, 2.75) is 0 Å². The molecular weight excluding hydrogens is 379 g/mol. The third-order valence-corrected chi connectivity index (χ3v) is 5.46. The molecule has 3 heterocycles.